The van der Waals surface area contributed by atoms with Gasteiger partial charge in [0.1, 0.15) is 0 Å². The summed E-state index contributed by atoms with van der Waals surface area (Å²) in [5.41, 5.74) is 4.27. The molecular formula is C33H35N3O6S. The Hall–Kier alpha value is -4.83. The van der Waals surface area contributed by atoms with Crippen LogP contribution in [0.15, 0.2) is 91.0 Å². The standard InChI is InChI=1S/C33H35N3O6S/c1-23-9-5-6-10-26(23)22-36(43(4,39)40)27-16-14-25(15-17-27)32(37)35-29-12-8-7-11-28(29)33(38)34-20-19-24-13-18-30(41-2)31(21-24)42-3/h5-18,21H,19-20,22H2,1-4H3,(H,34,38)(H,35,37). The zero-order valence-corrected chi connectivity index (χ0v) is 25.4. The molecule has 4 aromatic carbocycles. The summed E-state index contributed by atoms with van der Waals surface area (Å²) in [5, 5.41) is 5.71. The number of hydrogen-bond donors (Lipinski definition) is 2. The van der Waals surface area contributed by atoms with Gasteiger partial charge in [-0.05, 0) is 78.6 Å². The van der Waals surface area contributed by atoms with Gasteiger partial charge in [-0.2, -0.15) is 0 Å². The van der Waals surface area contributed by atoms with Crippen molar-refractivity contribution in [1.29, 1.82) is 0 Å². The Morgan fingerprint density at radius 3 is 2.16 bits per heavy atom. The number of aryl methyl sites for hydroxylation is 1. The minimum absolute atomic E-state index is 0.172. The van der Waals surface area contributed by atoms with Crippen LogP contribution in [0.1, 0.15) is 37.4 Å². The van der Waals surface area contributed by atoms with Gasteiger partial charge in [0, 0.05) is 12.1 Å². The molecule has 9 nitrogen and oxygen atoms in total. The maximum atomic E-state index is 13.1. The van der Waals surface area contributed by atoms with Gasteiger partial charge in [-0.3, -0.25) is 13.9 Å². The number of methoxy groups -OCH3 is 2. The van der Waals surface area contributed by atoms with Crippen LogP contribution in [-0.4, -0.2) is 47.3 Å². The summed E-state index contributed by atoms with van der Waals surface area (Å²) in [5.74, 6) is 0.487. The van der Waals surface area contributed by atoms with Crippen LogP contribution in [0, 0.1) is 6.92 Å². The van der Waals surface area contributed by atoms with E-state index in [9.17, 15) is 18.0 Å². The normalized spacial score (nSPS) is 11.0. The van der Waals surface area contributed by atoms with E-state index in [1.165, 1.54) is 4.31 Å². The van der Waals surface area contributed by atoms with Gasteiger partial charge in [0.15, 0.2) is 11.5 Å². The summed E-state index contributed by atoms with van der Waals surface area (Å²) in [6.07, 6.45) is 1.73. The molecule has 0 aliphatic carbocycles. The fraction of sp³-hybridized carbons (Fsp3) is 0.212. The van der Waals surface area contributed by atoms with Gasteiger partial charge < -0.3 is 20.1 Å². The Balaban J connectivity index is 1.42. The van der Waals surface area contributed by atoms with Crippen LogP contribution in [0.5, 0.6) is 11.5 Å². The summed E-state index contributed by atoms with van der Waals surface area (Å²) in [6, 6.07) is 26.2. The van der Waals surface area contributed by atoms with Gasteiger partial charge in [-0.1, -0.05) is 42.5 Å². The molecule has 4 rings (SSSR count). The zero-order chi connectivity index (χ0) is 31.0. The largest absolute Gasteiger partial charge is 0.493 e. The number of nitrogens with zero attached hydrogens (tertiary/aromatic N) is 1. The van der Waals surface area contributed by atoms with E-state index in [0.29, 0.717) is 47.0 Å². The van der Waals surface area contributed by atoms with E-state index < -0.39 is 15.9 Å². The van der Waals surface area contributed by atoms with Gasteiger partial charge in [-0.15, -0.1) is 0 Å². The van der Waals surface area contributed by atoms with E-state index >= 15 is 0 Å². The lowest BCUT2D eigenvalue weighted by atomic mass is 10.1. The maximum Gasteiger partial charge on any atom is 0.255 e. The third-order valence-corrected chi connectivity index (χ3v) is 8.10. The highest BCUT2D eigenvalue weighted by atomic mass is 32.2. The summed E-state index contributed by atoms with van der Waals surface area (Å²) in [7, 11) is -0.443. The number of sulfonamides is 1. The molecule has 0 aliphatic heterocycles. The van der Waals surface area contributed by atoms with Crippen LogP contribution in [0.3, 0.4) is 0 Å². The van der Waals surface area contributed by atoms with E-state index in [1.54, 1.807) is 62.8 Å². The van der Waals surface area contributed by atoms with Crippen molar-refractivity contribution in [2.45, 2.75) is 19.9 Å². The molecule has 0 fully saturated rings. The van der Waals surface area contributed by atoms with Crippen LogP contribution in [0.4, 0.5) is 11.4 Å². The lowest BCUT2D eigenvalue weighted by Crippen LogP contribution is -2.29. The number of ether oxygens (including phenoxy) is 2. The maximum absolute atomic E-state index is 13.1. The molecule has 0 aromatic heterocycles. The number of rotatable bonds is 12. The summed E-state index contributed by atoms with van der Waals surface area (Å²) < 4.78 is 37.1. The smallest absolute Gasteiger partial charge is 0.255 e. The summed E-state index contributed by atoms with van der Waals surface area (Å²) >= 11 is 0. The highest BCUT2D eigenvalue weighted by molar-refractivity contribution is 7.92. The number of amides is 2. The molecule has 0 unspecified atom stereocenters. The Labute approximate surface area is 252 Å². The molecule has 0 saturated heterocycles. The second-order valence-electron chi connectivity index (χ2n) is 9.94. The number of benzene rings is 4. The second kappa shape index (κ2) is 13.9. The number of anilines is 2. The number of carbonyl (C=O) groups excluding carboxylic acids is 2. The van der Waals surface area contributed by atoms with Crippen molar-refractivity contribution in [3.63, 3.8) is 0 Å². The quantitative estimate of drug-likeness (QED) is 0.231. The number of para-hydroxylation sites is 1. The predicted octanol–water partition coefficient (Wildman–Crippen LogP) is 5.20. The lowest BCUT2D eigenvalue weighted by Gasteiger charge is -2.23. The monoisotopic (exact) mass is 601 g/mol. The molecule has 0 aliphatic rings. The SMILES string of the molecule is COc1ccc(CCNC(=O)c2ccccc2NC(=O)c2ccc(N(Cc3ccccc3C)S(C)(=O)=O)cc2)cc1OC. The third kappa shape index (κ3) is 7.92. The average molecular weight is 602 g/mol. The fourth-order valence-corrected chi connectivity index (χ4v) is 5.44. The topological polar surface area (TPSA) is 114 Å². The first kappa shape index (κ1) is 31.1. The van der Waals surface area contributed by atoms with E-state index in [-0.39, 0.29) is 12.5 Å². The van der Waals surface area contributed by atoms with Crippen molar-refractivity contribution < 1.29 is 27.5 Å². The molecule has 10 heteroatoms. The molecule has 0 saturated carbocycles. The highest BCUT2D eigenvalue weighted by Crippen LogP contribution is 2.28. The summed E-state index contributed by atoms with van der Waals surface area (Å²) in [4.78, 5) is 26.1. The van der Waals surface area contributed by atoms with E-state index in [4.69, 9.17) is 9.47 Å². The predicted molar refractivity (Wildman–Crippen MR) is 169 cm³/mol. The van der Waals surface area contributed by atoms with Crippen LogP contribution in [0.25, 0.3) is 0 Å². The van der Waals surface area contributed by atoms with E-state index in [0.717, 1.165) is 22.9 Å². The molecule has 0 atom stereocenters. The average Bonchev–Trinajstić information content (AvgIpc) is 3.00. The highest BCUT2D eigenvalue weighted by Gasteiger charge is 2.20. The number of carbonyl (C=O) groups is 2. The van der Waals surface area contributed by atoms with E-state index in [2.05, 4.69) is 10.6 Å². The fourth-order valence-electron chi connectivity index (χ4n) is 4.56. The second-order valence-corrected chi connectivity index (χ2v) is 11.8. The number of hydrogen-bond acceptors (Lipinski definition) is 6. The minimum atomic E-state index is -3.59. The molecule has 2 N–H and O–H groups in total. The number of nitrogens with one attached hydrogen (secondary N) is 2. The van der Waals surface area contributed by atoms with E-state index in [1.807, 2.05) is 49.4 Å². The van der Waals surface area contributed by atoms with Crippen LogP contribution >= 0.6 is 0 Å². The van der Waals surface area contributed by atoms with Crippen molar-refractivity contribution in [3.8, 4) is 11.5 Å². The zero-order valence-electron chi connectivity index (χ0n) is 24.6. The lowest BCUT2D eigenvalue weighted by molar-refractivity contribution is 0.0955. The molecule has 4 aromatic rings. The Morgan fingerprint density at radius 2 is 1.49 bits per heavy atom. The van der Waals surface area contributed by atoms with Crippen molar-refractivity contribution in [3.05, 3.63) is 119 Å². The van der Waals surface area contributed by atoms with Crippen LogP contribution in [-0.2, 0) is 23.0 Å². The molecule has 0 bridgehead atoms. The molecule has 224 valence electrons. The van der Waals surface area contributed by atoms with Gasteiger partial charge in [0.05, 0.1) is 44.0 Å². The van der Waals surface area contributed by atoms with Gasteiger partial charge in [0.25, 0.3) is 11.8 Å². The Kier molecular flexibility index (Phi) is 10.0. The van der Waals surface area contributed by atoms with Crippen LogP contribution < -0.4 is 24.4 Å². The van der Waals surface area contributed by atoms with Gasteiger partial charge in [0.2, 0.25) is 10.0 Å². The van der Waals surface area contributed by atoms with Crippen molar-refractivity contribution >= 4 is 33.2 Å². The van der Waals surface area contributed by atoms with Crippen molar-refractivity contribution in [1.82, 2.24) is 5.32 Å². The van der Waals surface area contributed by atoms with Gasteiger partial charge in [-0.25, -0.2) is 8.42 Å². The minimum Gasteiger partial charge on any atom is -0.493 e. The first-order valence-corrected chi connectivity index (χ1v) is 15.5. The van der Waals surface area contributed by atoms with Crippen molar-refractivity contribution in [2.24, 2.45) is 0 Å². The molecule has 0 spiro atoms. The van der Waals surface area contributed by atoms with Gasteiger partial charge >= 0.3 is 0 Å². The molecule has 2 amide bonds. The molecule has 43 heavy (non-hydrogen) atoms. The molecule has 0 radical (unpaired) electrons. The Bertz CT molecular complexity index is 1700. The molecular weight excluding hydrogens is 566 g/mol. The molecule has 0 heterocycles. The Morgan fingerprint density at radius 1 is 0.814 bits per heavy atom. The third-order valence-electron chi connectivity index (χ3n) is 6.96. The van der Waals surface area contributed by atoms with Crippen LogP contribution in [0.2, 0.25) is 0 Å². The van der Waals surface area contributed by atoms with Crippen molar-refractivity contribution in [2.75, 3.05) is 36.6 Å². The summed E-state index contributed by atoms with van der Waals surface area (Å²) in [6.45, 7) is 2.47. The first-order chi connectivity index (χ1) is 20.6. The first-order valence-electron chi connectivity index (χ1n) is 13.6.